The zero-order valence-electron chi connectivity index (χ0n) is 10.2. The number of aryl methyl sites for hydroxylation is 1. The van der Waals surface area contributed by atoms with E-state index < -0.39 is 0 Å². The minimum absolute atomic E-state index is 0.856. The lowest BCUT2D eigenvalue weighted by Gasteiger charge is -2.33. The monoisotopic (exact) mass is 232 g/mol. The number of piperazine rings is 1. The third-order valence-electron chi connectivity index (χ3n) is 3.28. The molecule has 0 bridgehead atoms. The molecule has 3 rings (SSSR count). The van der Waals surface area contributed by atoms with Crippen LogP contribution in [-0.4, -0.2) is 57.7 Å². The first-order chi connectivity index (χ1) is 8.25. The Bertz CT molecular complexity index is 526. The van der Waals surface area contributed by atoms with Gasteiger partial charge in [-0.25, -0.2) is 4.98 Å². The first-order valence-electron chi connectivity index (χ1n) is 5.85. The molecule has 1 aliphatic heterocycles. The van der Waals surface area contributed by atoms with Gasteiger partial charge in [-0.1, -0.05) is 0 Å². The van der Waals surface area contributed by atoms with Gasteiger partial charge in [0.05, 0.1) is 0 Å². The molecule has 0 saturated carbocycles. The molecule has 17 heavy (non-hydrogen) atoms. The molecule has 2 aromatic rings. The Kier molecular flexibility index (Phi) is 2.44. The predicted molar refractivity (Wildman–Crippen MR) is 65.2 cm³/mol. The van der Waals surface area contributed by atoms with Crippen LogP contribution in [0.4, 0.5) is 5.82 Å². The number of aromatic nitrogens is 4. The molecular weight excluding hydrogens is 216 g/mol. The van der Waals surface area contributed by atoms with Gasteiger partial charge in [-0.05, 0) is 14.0 Å². The highest BCUT2D eigenvalue weighted by Gasteiger charge is 2.19. The van der Waals surface area contributed by atoms with E-state index in [4.69, 9.17) is 0 Å². The fourth-order valence-corrected chi connectivity index (χ4v) is 2.17. The van der Waals surface area contributed by atoms with Crippen molar-refractivity contribution in [2.75, 3.05) is 38.1 Å². The Morgan fingerprint density at radius 3 is 2.65 bits per heavy atom. The summed E-state index contributed by atoms with van der Waals surface area (Å²) in [6.45, 7) is 6.07. The van der Waals surface area contributed by atoms with Crippen LogP contribution in [0, 0.1) is 6.92 Å². The summed E-state index contributed by atoms with van der Waals surface area (Å²) in [5, 5.41) is 8.31. The molecule has 0 unspecified atom stereocenters. The van der Waals surface area contributed by atoms with Gasteiger partial charge >= 0.3 is 0 Å². The lowest BCUT2D eigenvalue weighted by molar-refractivity contribution is 0.312. The summed E-state index contributed by atoms with van der Waals surface area (Å²) < 4.78 is 1.99. The van der Waals surface area contributed by atoms with E-state index in [1.807, 2.05) is 23.7 Å². The molecule has 3 heterocycles. The van der Waals surface area contributed by atoms with Crippen molar-refractivity contribution in [1.82, 2.24) is 24.5 Å². The van der Waals surface area contributed by atoms with Crippen molar-refractivity contribution in [2.24, 2.45) is 0 Å². The number of likely N-dealkylation sites (N-methyl/N-ethyl adjacent to an activating group) is 1. The van der Waals surface area contributed by atoms with Gasteiger partial charge in [0.2, 0.25) is 5.65 Å². The van der Waals surface area contributed by atoms with Crippen molar-refractivity contribution in [2.45, 2.75) is 6.92 Å². The molecule has 90 valence electrons. The van der Waals surface area contributed by atoms with Gasteiger partial charge in [-0.2, -0.15) is 0 Å². The van der Waals surface area contributed by atoms with Crippen molar-refractivity contribution in [1.29, 1.82) is 0 Å². The quantitative estimate of drug-likeness (QED) is 0.702. The van der Waals surface area contributed by atoms with Crippen molar-refractivity contribution < 1.29 is 0 Å². The van der Waals surface area contributed by atoms with Gasteiger partial charge < -0.3 is 9.80 Å². The van der Waals surface area contributed by atoms with Crippen molar-refractivity contribution in [3.05, 3.63) is 18.2 Å². The van der Waals surface area contributed by atoms with Crippen LogP contribution in [-0.2, 0) is 0 Å². The number of hydrogen-bond donors (Lipinski definition) is 0. The molecule has 0 aromatic carbocycles. The van der Waals surface area contributed by atoms with Gasteiger partial charge in [-0.15, -0.1) is 10.2 Å². The second-order valence-corrected chi connectivity index (χ2v) is 4.48. The van der Waals surface area contributed by atoms with E-state index in [9.17, 15) is 0 Å². The first-order valence-corrected chi connectivity index (χ1v) is 5.85. The van der Waals surface area contributed by atoms with Gasteiger partial charge in [0, 0.05) is 38.6 Å². The molecule has 6 nitrogen and oxygen atoms in total. The zero-order chi connectivity index (χ0) is 11.8. The molecule has 2 aromatic heterocycles. The number of rotatable bonds is 1. The van der Waals surface area contributed by atoms with Crippen LogP contribution in [0.5, 0.6) is 0 Å². The molecule has 1 fully saturated rings. The smallest absolute Gasteiger partial charge is 0.203 e. The average Bonchev–Trinajstić information content (AvgIpc) is 2.73. The second kappa shape index (κ2) is 3.96. The van der Waals surface area contributed by atoms with Crippen molar-refractivity contribution in [3.8, 4) is 0 Å². The fraction of sp³-hybridized carbons (Fsp3) is 0.545. The van der Waals surface area contributed by atoms with E-state index in [1.54, 1.807) is 0 Å². The fourth-order valence-electron chi connectivity index (χ4n) is 2.17. The molecule has 0 N–H and O–H groups in total. The van der Waals surface area contributed by atoms with E-state index in [1.165, 1.54) is 0 Å². The molecule has 0 amide bonds. The molecule has 0 atom stereocenters. The largest absolute Gasteiger partial charge is 0.351 e. The van der Waals surface area contributed by atoms with E-state index >= 15 is 0 Å². The standard InChI is InChI=1S/C11H16N6/c1-9-13-14-11-10(12-3-4-17(9)11)16-7-5-15(2)6-8-16/h3-4H,5-8H2,1-2H3. The van der Waals surface area contributed by atoms with E-state index in [0.29, 0.717) is 0 Å². The van der Waals surface area contributed by atoms with Crippen LogP contribution in [0.2, 0.25) is 0 Å². The average molecular weight is 232 g/mol. The second-order valence-electron chi connectivity index (χ2n) is 4.48. The number of hydrogen-bond acceptors (Lipinski definition) is 5. The van der Waals surface area contributed by atoms with Crippen LogP contribution in [0.1, 0.15) is 5.82 Å². The van der Waals surface area contributed by atoms with Crippen LogP contribution < -0.4 is 4.90 Å². The maximum atomic E-state index is 4.45. The number of anilines is 1. The summed E-state index contributed by atoms with van der Waals surface area (Å²) in [5.74, 6) is 1.85. The summed E-state index contributed by atoms with van der Waals surface area (Å²) in [7, 11) is 2.15. The van der Waals surface area contributed by atoms with Gasteiger partial charge in [-0.3, -0.25) is 4.40 Å². The van der Waals surface area contributed by atoms with Crippen LogP contribution in [0.15, 0.2) is 12.4 Å². The minimum Gasteiger partial charge on any atom is -0.351 e. The normalized spacial score (nSPS) is 17.9. The molecule has 1 saturated heterocycles. The van der Waals surface area contributed by atoms with Gasteiger partial charge in [0.1, 0.15) is 5.82 Å². The van der Waals surface area contributed by atoms with E-state index in [-0.39, 0.29) is 0 Å². The highest BCUT2D eigenvalue weighted by Crippen LogP contribution is 2.18. The molecule has 0 spiro atoms. The summed E-state index contributed by atoms with van der Waals surface area (Å²) in [4.78, 5) is 9.06. The van der Waals surface area contributed by atoms with Gasteiger partial charge in [0.15, 0.2) is 5.82 Å². The van der Waals surface area contributed by atoms with Gasteiger partial charge in [0.25, 0.3) is 0 Å². The lowest BCUT2D eigenvalue weighted by atomic mass is 10.3. The Labute approximate surface area is 99.9 Å². The van der Waals surface area contributed by atoms with E-state index in [0.717, 1.165) is 43.5 Å². The lowest BCUT2D eigenvalue weighted by Crippen LogP contribution is -2.45. The maximum absolute atomic E-state index is 4.45. The third-order valence-corrected chi connectivity index (χ3v) is 3.28. The third kappa shape index (κ3) is 1.74. The van der Waals surface area contributed by atoms with E-state index in [2.05, 4.69) is 32.0 Å². The van der Waals surface area contributed by atoms with Crippen LogP contribution in [0.25, 0.3) is 5.65 Å². The Morgan fingerprint density at radius 2 is 1.88 bits per heavy atom. The minimum atomic E-state index is 0.856. The van der Waals surface area contributed by atoms with Crippen molar-refractivity contribution >= 4 is 11.5 Å². The molecule has 6 heteroatoms. The summed E-state index contributed by atoms with van der Waals surface area (Å²) in [5.41, 5.74) is 0.856. The van der Waals surface area contributed by atoms with Crippen molar-refractivity contribution in [3.63, 3.8) is 0 Å². The molecule has 1 aliphatic rings. The predicted octanol–water partition coefficient (Wildman–Crippen LogP) is 0.185. The maximum Gasteiger partial charge on any atom is 0.203 e. The van der Waals surface area contributed by atoms with Crippen LogP contribution >= 0.6 is 0 Å². The Morgan fingerprint density at radius 1 is 1.12 bits per heavy atom. The Hall–Kier alpha value is -1.69. The Balaban J connectivity index is 2.00. The summed E-state index contributed by atoms with van der Waals surface area (Å²) in [6.07, 6.45) is 3.72. The zero-order valence-corrected chi connectivity index (χ0v) is 10.2. The molecular formula is C11H16N6. The highest BCUT2D eigenvalue weighted by molar-refractivity contribution is 5.63. The first kappa shape index (κ1) is 10.5. The molecule has 0 aliphatic carbocycles. The topological polar surface area (TPSA) is 49.6 Å². The summed E-state index contributed by atoms with van der Waals surface area (Å²) >= 11 is 0. The summed E-state index contributed by atoms with van der Waals surface area (Å²) in [6, 6.07) is 0. The molecule has 0 radical (unpaired) electrons. The number of fused-ring (bicyclic) bond motifs is 1. The van der Waals surface area contributed by atoms with Crippen LogP contribution in [0.3, 0.4) is 0 Å². The highest BCUT2D eigenvalue weighted by atomic mass is 15.3. The SMILES string of the molecule is Cc1nnc2c(N3CCN(C)CC3)nccn12. The number of nitrogens with zero attached hydrogens (tertiary/aromatic N) is 6.